The molecule has 2 aromatic heterocycles. The largest absolute Gasteiger partial charge is 0.486 e. The average molecular weight is 467 g/mol. The molecule has 4 heterocycles. The summed E-state index contributed by atoms with van der Waals surface area (Å²) in [7, 11) is 0. The van der Waals surface area contributed by atoms with Crippen molar-refractivity contribution in [1.29, 1.82) is 0 Å². The molecular weight excluding hydrogens is 436 g/mol. The summed E-state index contributed by atoms with van der Waals surface area (Å²) < 4.78 is 11.6. The third kappa shape index (κ3) is 4.12. The number of hydrogen-bond acceptors (Lipinski definition) is 7. The number of aromatic nitrogens is 2. The van der Waals surface area contributed by atoms with Crippen molar-refractivity contribution in [3.05, 3.63) is 40.5 Å². The fraction of sp³-hybridized carbons (Fsp3) is 0.480. The van der Waals surface area contributed by atoms with Crippen molar-refractivity contribution in [2.24, 2.45) is 5.92 Å². The summed E-state index contributed by atoms with van der Waals surface area (Å²) in [6, 6.07) is 5.92. The number of anilines is 1. The molecule has 174 valence electrons. The molecule has 0 bridgehead atoms. The van der Waals surface area contributed by atoms with Gasteiger partial charge in [0.1, 0.15) is 30.2 Å². The first-order valence-electron chi connectivity index (χ1n) is 11.7. The number of thiophene rings is 1. The zero-order chi connectivity index (χ0) is 22.9. The van der Waals surface area contributed by atoms with E-state index in [0.29, 0.717) is 26.3 Å². The topological polar surface area (TPSA) is 67.8 Å². The van der Waals surface area contributed by atoms with Crippen molar-refractivity contribution >= 4 is 33.3 Å². The molecule has 0 unspecified atom stereocenters. The Morgan fingerprint density at radius 3 is 2.76 bits per heavy atom. The molecule has 0 saturated carbocycles. The molecule has 8 heteroatoms. The molecule has 1 fully saturated rings. The van der Waals surface area contributed by atoms with Crippen LogP contribution in [0, 0.1) is 19.8 Å². The minimum atomic E-state index is 0.0283. The van der Waals surface area contributed by atoms with Crippen LogP contribution in [-0.4, -0.2) is 53.6 Å². The Labute approximate surface area is 198 Å². The summed E-state index contributed by atoms with van der Waals surface area (Å²) in [5.74, 6) is 2.81. The number of hydrogen-bond donors (Lipinski definition) is 0. The highest BCUT2D eigenvalue weighted by atomic mass is 32.1. The number of benzene rings is 1. The fourth-order valence-electron chi connectivity index (χ4n) is 4.81. The van der Waals surface area contributed by atoms with E-state index in [1.165, 1.54) is 10.4 Å². The number of aryl methyl sites for hydroxylation is 2. The van der Waals surface area contributed by atoms with Crippen molar-refractivity contribution in [1.82, 2.24) is 14.9 Å². The molecule has 0 radical (unpaired) electrons. The molecular formula is C25H30N4O3S. The van der Waals surface area contributed by atoms with Gasteiger partial charge >= 0.3 is 0 Å². The van der Waals surface area contributed by atoms with Crippen molar-refractivity contribution in [3.8, 4) is 11.5 Å². The molecule has 33 heavy (non-hydrogen) atoms. The van der Waals surface area contributed by atoms with Gasteiger partial charge in [0.2, 0.25) is 5.91 Å². The van der Waals surface area contributed by atoms with Crippen LogP contribution in [0.3, 0.4) is 0 Å². The summed E-state index contributed by atoms with van der Waals surface area (Å²) in [6.45, 7) is 10.3. The zero-order valence-electron chi connectivity index (χ0n) is 19.5. The standard InChI is InChI=1S/C25H30N4O3S/c1-4-28(14-19-6-5-7-20-22(19)32-13-12-31-20)25(30)18-8-10-29(11-9-18)23-21-16(2)17(3)33-24(21)27-15-26-23/h5-7,15,18H,4,8-14H2,1-3H3. The molecule has 2 aliphatic heterocycles. The smallest absolute Gasteiger partial charge is 0.226 e. The van der Waals surface area contributed by atoms with Crippen molar-refractivity contribution in [2.45, 2.75) is 40.2 Å². The average Bonchev–Trinajstić information content (AvgIpc) is 3.15. The zero-order valence-corrected chi connectivity index (χ0v) is 20.3. The minimum Gasteiger partial charge on any atom is -0.486 e. The summed E-state index contributed by atoms with van der Waals surface area (Å²) >= 11 is 1.72. The van der Waals surface area contributed by atoms with Crippen LogP contribution in [0.25, 0.3) is 10.2 Å². The quantitative estimate of drug-likeness (QED) is 0.557. The SMILES string of the molecule is CCN(Cc1cccc2c1OCCO2)C(=O)C1CCN(c2ncnc3sc(C)c(C)c23)CC1. The number of nitrogens with zero attached hydrogens (tertiary/aromatic N) is 4. The maximum atomic E-state index is 13.4. The van der Waals surface area contributed by atoms with Gasteiger partial charge in [-0.2, -0.15) is 0 Å². The predicted molar refractivity (Wildman–Crippen MR) is 130 cm³/mol. The third-order valence-corrected chi connectivity index (χ3v) is 7.91. The molecule has 0 spiro atoms. The number of piperidine rings is 1. The van der Waals surface area contributed by atoms with E-state index in [-0.39, 0.29) is 11.8 Å². The van der Waals surface area contributed by atoms with Crippen LogP contribution in [0.5, 0.6) is 11.5 Å². The summed E-state index contributed by atoms with van der Waals surface area (Å²) in [4.78, 5) is 29.1. The van der Waals surface area contributed by atoms with Crippen molar-refractivity contribution in [3.63, 3.8) is 0 Å². The first-order chi connectivity index (χ1) is 16.1. The van der Waals surface area contributed by atoms with Gasteiger partial charge in [-0.25, -0.2) is 9.97 Å². The molecule has 1 saturated heterocycles. The van der Waals surface area contributed by atoms with Crippen LogP contribution < -0.4 is 14.4 Å². The second-order valence-corrected chi connectivity index (χ2v) is 9.92. The first-order valence-corrected chi connectivity index (χ1v) is 12.5. The second kappa shape index (κ2) is 9.17. The Kier molecular flexibility index (Phi) is 6.10. The van der Waals surface area contributed by atoms with E-state index in [1.54, 1.807) is 17.7 Å². The molecule has 1 aromatic carbocycles. The molecule has 1 amide bonds. The third-order valence-electron chi connectivity index (χ3n) is 6.79. The van der Waals surface area contributed by atoms with E-state index < -0.39 is 0 Å². The number of ether oxygens (including phenoxy) is 2. The van der Waals surface area contributed by atoms with Crippen LogP contribution in [0.2, 0.25) is 0 Å². The maximum absolute atomic E-state index is 13.4. The molecule has 5 rings (SSSR count). The Hall–Kier alpha value is -2.87. The maximum Gasteiger partial charge on any atom is 0.226 e. The molecule has 2 aliphatic rings. The molecule has 7 nitrogen and oxygen atoms in total. The Morgan fingerprint density at radius 2 is 1.97 bits per heavy atom. The van der Waals surface area contributed by atoms with Crippen LogP contribution in [0.1, 0.15) is 35.8 Å². The second-order valence-electron chi connectivity index (χ2n) is 8.72. The van der Waals surface area contributed by atoms with Gasteiger partial charge in [-0.15, -0.1) is 11.3 Å². The van der Waals surface area contributed by atoms with Gasteiger partial charge < -0.3 is 19.3 Å². The Morgan fingerprint density at radius 1 is 1.18 bits per heavy atom. The van der Waals surface area contributed by atoms with Gasteiger partial charge in [-0.3, -0.25) is 4.79 Å². The first kappa shape index (κ1) is 21.9. The molecule has 0 N–H and O–H groups in total. The number of fused-ring (bicyclic) bond motifs is 2. The molecule has 0 aliphatic carbocycles. The van der Waals surface area contributed by atoms with Gasteiger partial charge in [0.05, 0.1) is 5.39 Å². The van der Waals surface area contributed by atoms with E-state index in [9.17, 15) is 4.79 Å². The van der Waals surface area contributed by atoms with Gasteiger partial charge in [0.25, 0.3) is 0 Å². The highest BCUT2D eigenvalue weighted by molar-refractivity contribution is 7.18. The number of carbonyl (C=O) groups is 1. The highest BCUT2D eigenvalue weighted by Crippen LogP contribution is 2.37. The van der Waals surface area contributed by atoms with E-state index in [4.69, 9.17) is 9.47 Å². The lowest BCUT2D eigenvalue weighted by molar-refractivity contribution is -0.136. The monoisotopic (exact) mass is 466 g/mol. The number of amides is 1. The lowest BCUT2D eigenvalue weighted by Crippen LogP contribution is -2.42. The van der Waals surface area contributed by atoms with Crippen molar-refractivity contribution < 1.29 is 14.3 Å². The van der Waals surface area contributed by atoms with Crippen LogP contribution >= 0.6 is 11.3 Å². The van der Waals surface area contributed by atoms with Crippen LogP contribution in [0.4, 0.5) is 5.82 Å². The van der Waals surface area contributed by atoms with E-state index >= 15 is 0 Å². The number of para-hydroxylation sites is 1. The number of rotatable bonds is 5. The van der Waals surface area contributed by atoms with Gasteiger partial charge in [-0.1, -0.05) is 12.1 Å². The Balaban J connectivity index is 1.28. The predicted octanol–water partition coefficient (Wildman–Crippen LogP) is 4.34. The van der Waals surface area contributed by atoms with E-state index in [0.717, 1.165) is 59.0 Å². The lowest BCUT2D eigenvalue weighted by Gasteiger charge is -2.35. The molecule has 3 aromatic rings. The summed E-state index contributed by atoms with van der Waals surface area (Å²) in [5.41, 5.74) is 2.27. The van der Waals surface area contributed by atoms with Crippen molar-refractivity contribution in [2.75, 3.05) is 37.7 Å². The van der Waals surface area contributed by atoms with E-state index in [2.05, 4.69) is 28.7 Å². The van der Waals surface area contributed by atoms with Crippen LogP contribution in [-0.2, 0) is 11.3 Å². The highest BCUT2D eigenvalue weighted by Gasteiger charge is 2.30. The normalized spacial score (nSPS) is 16.3. The summed E-state index contributed by atoms with van der Waals surface area (Å²) in [5, 5.41) is 1.16. The van der Waals surface area contributed by atoms with Gasteiger partial charge in [0, 0.05) is 42.5 Å². The van der Waals surface area contributed by atoms with Gasteiger partial charge in [-0.05, 0) is 45.2 Å². The lowest BCUT2D eigenvalue weighted by atomic mass is 9.94. The minimum absolute atomic E-state index is 0.0283. The van der Waals surface area contributed by atoms with E-state index in [1.807, 2.05) is 30.0 Å². The van der Waals surface area contributed by atoms with Gasteiger partial charge in [0.15, 0.2) is 11.5 Å². The van der Waals surface area contributed by atoms with Crippen LogP contribution in [0.15, 0.2) is 24.5 Å². The number of carbonyl (C=O) groups excluding carboxylic acids is 1. The fourth-order valence-corrected chi connectivity index (χ4v) is 5.80. The summed E-state index contributed by atoms with van der Waals surface area (Å²) in [6.07, 6.45) is 3.32. The molecule has 0 atom stereocenters. The Bertz CT molecular complexity index is 1170.